The number of carboxylic acid groups (broad SMARTS) is 1. The summed E-state index contributed by atoms with van der Waals surface area (Å²) in [6.07, 6.45) is 7.01. The van der Waals surface area contributed by atoms with Crippen LogP contribution in [0.5, 0.6) is 5.75 Å². The van der Waals surface area contributed by atoms with Crippen LogP contribution in [-0.4, -0.2) is 29.4 Å². The smallest absolute Gasteiger partial charge is 0.307 e. The molecule has 1 saturated carbocycles. The number of ether oxygens (including phenoxy) is 2. The minimum Gasteiger partial charge on any atom is -0.490 e. The number of hydrogen-bond acceptors (Lipinski definition) is 3. The summed E-state index contributed by atoms with van der Waals surface area (Å²) in [5, 5.41) is 8.77. The zero-order chi connectivity index (χ0) is 14.7. The highest BCUT2D eigenvalue weighted by Gasteiger charge is 2.40. The Bertz CT molecular complexity index is 488. The van der Waals surface area contributed by atoms with Gasteiger partial charge >= 0.3 is 5.97 Å². The Hall–Kier alpha value is -1.55. The van der Waals surface area contributed by atoms with Crippen molar-refractivity contribution in [2.24, 2.45) is 0 Å². The van der Waals surface area contributed by atoms with Crippen LogP contribution in [0.2, 0.25) is 0 Å². The van der Waals surface area contributed by atoms with Crippen LogP contribution in [-0.2, 0) is 16.0 Å². The summed E-state index contributed by atoms with van der Waals surface area (Å²) in [6.45, 7) is 0.780. The molecule has 1 aromatic rings. The van der Waals surface area contributed by atoms with Crippen LogP contribution in [0.1, 0.15) is 44.1 Å². The summed E-state index contributed by atoms with van der Waals surface area (Å²) in [5.41, 5.74) is 0.862. The molecule has 21 heavy (non-hydrogen) atoms. The Kier molecular flexibility index (Phi) is 4.15. The van der Waals surface area contributed by atoms with Gasteiger partial charge in [-0.25, -0.2) is 0 Å². The lowest BCUT2D eigenvalue weighted by molar-refractivity contribution is -0.136. The monoisotopic (exact) mass is 290 g/mol. The molecule has 1 aromatic carbocycles. The molecule has 1 heterocycles. The molecule has 0 amide bonds. The first-order chi connectivity index (χ1) is 10.2. The topological polar surface area (TPSA) is 55.8 Å². The number of carboxylic acids is 1. The average molecular weight is 290 g/mol. The number of benzene rings is 1. The molecule has 1 saturated heterocycles. The molecule has 0 aromatic heterocycles. The molecule has 0 bridgehead atoms. The normalized spacial score (nSPS) is 24.1. The second kappa shape index (κ2) is 6.06. The van der Waals surface area contributed by atoms with E-state index in [1.165, 1.54) is 12.8 Å². The minimum atomic E-state index is -0.809. The van der Waals surface area contributed by atoms with E-state index in [2.05, 4.69) is 0 Å². The Labute approximate surface area is 125 Å². The highest BCUT2D eigenvalue weighted by Crippen LogP contribution is 2.40. The van der Waals surface area contributed by atoms with E-state index in [0.29, 0.717) is 0 Å². The molecular weight excluding hydrogens is 268 g/mol. The fraction of sp³-hybridized carbons (Fsp3) is 0.588. The van der Waals surface area contributed by atoms with Crippen LogP contribution in [0.3, 0.4) is 0 Å². The Morgan fingerprint density at radius 3 is 2.67 bits per heavy atom. The van der Waals surface area contributed by atoms with E-state index in [9.17, 15) is 4.79 Å². The largest absolute Gasteiger partial charge is 0.490 e. The van der Waals surface area contributed by atoms with E-state index >= 15 is 0 Å². The van der Waals surface area contributed by atoms with Crippen molar-refractivity contribution in [2.75, 3.05) is 6.61 Å². The fourth-order valence-electron chi connectivity index (χ4n) is 3.50. The first-order valence-electron chi connectivity index (χ1n) is 7.77. The molecule has 1 aliphatic carbocycles. The van der Waals surface area contributed by atoms with E-state index in [1.807, 2.05) is 24.3 Å². The third kappa shape index (κ3) is 3.56. The highest BCUT2D eigenvalue weighted by atomic mass is 16.5. The SMILES string of the molecule is O=C(O)Cc1ccc(OC2CCOC3(CCCC3)C2)cc1. The predicted molar refractivity (Wildman–Crippen MR) is 78.6 cm³/mol. The maximum absolute atomic E-state index is 10.7. The molecule has 1 unspecified atom stereocenters. The molecule has 1 N–H and O–H groups in total. The summed E-state index contributed by atoms with van der Waals surface area (Å²) >= 11 is 0. The maximum atomic E-state index is 10.7. The third-order valence-corrected chi connectivity index (χ3v) is 4.54. The van der Waals surface area contributed by atoms with Crippen molar-refractivity contribution in [1.82, 2.24) is 0 Å². The molecule has 1 spiro atoms. The van der Waals surface area contributed by atoms with Crippen LogP contribution in [0.15, 0.2) is 24.3 Å². The van der Waals surface area contributed by atoms with Gasteiger partial charge in [0.05, 0.1) is 18.6 Å². The second-order valence-corrected chi connectivity index (χ2v) is 6.19. The molecule has 4 nitrogen and oxygen atoms in total. The van der Waals surface area contributed by atoms with Crippen molar-refractivity contribution in [1.29, 1.82) is 0 Å². The van der Waals surface area contributed by atoms with Crippen molar-refractivity contribution < 1.29 is 19.4 Å². The lowest BCUT2D eigenvalue weighted by Crippen LogP contribution is -2.41. The van der Waals surface area contributed by atoms with Gasteiger partial charge in [-0.2, -0.15) is 0 Å². The van der Waals surface area contributed by atoms with Crippen LogP contribution >= 0.6 is 0 Å². The van der Waals surface area contributed by atoms with E-state index < -0.39 is 5.97 Å². The molecule has 4 heteroatoms. The van der Waals surface area contributed by atoms with Crippen molar-refractivity contribution in [2.45, 2.75) is 56.7 Å². The summed E-state index contributed by atoms with van der Waals surface area (Å²) < 4.78 is 12.1. The van der Waals surface area contributed by atoms with Gasteiger partial charge < -0.3 is 14.6 Å². The number of hydrogen-bond donors (Lipinski definition) is 1. The van der Waals surface area contributed by atoms with Crippen LogP contribution in [0.4, 0.5) is 0 Å². The van der Waals surface area contributed by atoms with Gasteiger partial charge in [0.15, 0.2) is 0 Å². The zero-order valence-corrected chi connectivity index (χ0v) is 12.2. The highest BCUT2D eigenvalue weighted by molar-refractivity contribution is 5.70. The van der Waals surface area contributed by atoms with Crippen molar-refractivity contribution in [3.8, 4) is 5.75 Å². The second-order valence-electron chi connectivity index (χ2n) is 6.19. The lowest BCUT2D eigenvalue weighted by atomic mass is 9.90. The van der Waals surface area contributed by atoms with Gasteiger partial charge in [0.25, 0.3) is 0 Å². The van der Waals surface area contributed by atoms with Gasteiger partial charge in [-0.15, -0.1) is 0 Å². The molecule has 2 aliphatic rings. The zero-order valence-electron chi connectivity index (χ0n) is 12.2. The molecule has 2 fully saturated rings. The standard InChI is InChI=1S/C17H22O4/c18-16(19)11-13-3-5-14(6-4-13)21-15-7-10-20-17(12-15)8-1-2-9-17/h3-6,15H,1-2,7-12H2,(H,18,19). The molecule has 0 radical (unpaired) electrons. The third-order valence-electron chi connectivity index (χ3n) is 4.54. The van der Waals surface area contributed by atoms with E-state index in [4.69, 9.17) is 14.6 Å². The Morgan fingerprint density at radius 1 is 1.29 bits per heavy atom. The van der Waals surface area contributed by atoms with Gasteiger partial charge in [0, 0.05) is 12.8 Å². The lowest BCUT2D eigenvalue weighted by Gasteiger charge is -2.38. The summed E-state index contributed by atoms with van der Waals surface area (Å²) in [4.78, 5) is 10.7. The summed E-state index contributed by atoms with van der Waals surface area (Å²) in [6, 6.07) is 7.40. The van der Waals surface area contributed by atoms with Gasteiger partial charge in [-0.1, -0.05) is 25.0 Å². The quantitative estimate of drug-likeness (QED) is 0.925. The Balaban J connectivity index is 1.59. The molecule has 1 atom stereocenters. The first kappa shape index (κ1) is 14.4. The molecular formula is C17H22O4. The van der Waals surface area contributed by atoms with Gasteiger partial charge in [-0.05, 0) is 30.5 Å². The van der Waals surface area contributed by atoms with E-state index in [0.717, 1.165) is 43.6 Å². The van der Waals surface area contributed by atoms with Crippen molar-refractivity contribution in [3.63, 3.8) is 0 Å². The minimum absolute atomic E-state index is 0.0562. The summed E-state index contributed by atoms with van der Waals surface area (Å²) in [5.74, 6) is 0.0143. The summed E-state index contributed by atoms with van der Waals surface area (Å²) in [7, 11) is 0. The van der Waals surface area contributed by atoms with Crippen molar-refractivity contribution >= 4 is 5.97 Å². The molecule has 1 aliphatic heterocycles. The van der Waals surface area contributed by atoms with Crippen LogP contribution in [0.25, 0.3) is 0 Å². The predicted octanol–water partition coefficient (Wildman–Crippen LogP) is 3.18. The Morgan fingerprint density at radius 2 is 2.00 bits per heavy atom. The van der Waals surface area contributed by atoms with E-state index in [-0.39, 0.29) is 18.1 Å². The van der Waals surface area contributed by atoms with Gasteiger partial charge in [-0.3, -0.25) is 4.79 Å². The van der Waals surface area contributed by atoms with Crippen LogP contribution < -0.4 is 4.74 Å². The number of carbonyl (C=O) groups is 1. The number of rotatable bonds is 4. The number of aliphatic carboxylic acids is 1. The molecule has 3 rings (SSSR count). The molecule has 114 valence electrons. The maximum Gasteiger partial charge on any atom is 0.307 e. The fourth-order valence-corrected chi connectivity index (χ4v) is 3.50. The van der Waals surface area contributed by atoms with Crippen molar-refractivity contribution in [3.05, 3.63) is 29.8 Å². The van der Waals surface area contributed by atoms with Gasteiger partial charge in [0.1, 0.15) is 11.9 Å². The van der Waals surface area contributed by atoms with E-state index in [1.54, 1.807) is 0 Å². The van der Waals surface area contributed by atoms with Crippen LogP contribution in [0, 0.1) is 0 Å². The first-order valence-corrected chi connectivity index (χ1v) is 7.77. The van der Waals surface area contributed by atoms with Gasteiger partial charge in [0.2, 0.25) is 0 Å². The average Bonchev–Trinajstić information content (AvgIpc) is 2.88.